The minimum Gasteiger partial charge on any atom is -0.466 e. The Morgan fingerprint density at radius 1 is 0.905 bits per heavy atom. The van der Waals surface area contributed by atoms with Gasteiger partial charge in [0.1, 0.15) is 12.4 Å². The molecule has 1 aromatic heterocycles. The Bertz CT molecular complexity index is 704. The molecule has 106 valence electrons. The molecule has 2 nitrogen and oxygen atoms in total. The van der Waals surface area contributed by atoms with E-state index in [9.17, 15) is 0 Å². The lowest BCUT2D eigenvalue weighted by Gasteiger charge is -2.05. The van der Waals surface area contributed by atoms with Crippen LogP contribution in [-0.2, 0) is 18.0 Å². The Labute approximate surface area is 128 Å². The van der Waals surface area contributed by atoms with Crippen LogP contribution < -0.4 is 0 Å². The lowest BCUT2D eigenvalue weighted by Crippen LogP contribution is -1.94. The summed E-state index contributed by atoms with van der Waals surface area (Å²) in [5.74, 6) is 0.813. The fraction of sp³-hybridized carbons (Fsp3) is 0.111. The Morgan fingerprint density at radius 2 is 1.76 bits per heavy atom. The molecule has 0 fully saturated rings. The maximum Gasteiger partial charge on any atom is 0.137 e. The van der Waals surface area contributed by atoms with Crippen LogP contribution in [0, 0.1) is 0 Å². The second-order valence-corrected chi connectivity index (χ2v) is 5.18. The van der Waals surface area contributed by atoms with Crippen molar-refractivity contribution in [3.63, 3.8) is 0 Å². The second kappa shape index (κ2) is 6.61. The highest BCUT2D eigenvalue weighted by Gasteiger charge is 2.09. The first-order valence-corrected chi connectivity index (χ1v) is 7.15. The Kier molecular flexibility index (Phi) is 4.39. The predicted molar refractivity (Wildman–Crippen MR) is 84.1 cm³/mol. The molecule has 0 aliphatic carbocycles. The highest BCUT2D eigenvalue weighted by Crippen LogP contribution is 2.27. The van der Waals surface area contributed by atoms with Crippen LogP contribution in [-0.4, -0.2) is 0 Å². The van der Waals surface area contributed by atoms with E-state index in [1.807, 2.05) is 60.7 Å². The lowest BCUT2D eigenvalue weighted by atomic mass is 10.1. The van der Waals surface area contributed by atoms with Gasteiger partial charge in [-0.2, -0.15) is 0 Å². The number of hydrogen-bond acceptors (Lipinski definition) is 2. The Hall–Kier alpha value is -2.03. The summed E-state index contributed by atoms with van der Waals surface area (Å²) in [4.78, 5) is 0. The number of ether oxygens (including phenoxy) is 1. The van der Waals surface area contributed by atoms with Crippen LogP contribution >= 0.6 is 11.6 Å². The average Bonchev–Trinajstić information content (AvgIpc) is 2.97. The normalized spacial score (nSPS) is 10.7. The molecule has 0 bridgehead atoms. The number of rotatable bonds is 5. The molecule has 0 amide bonds. The summed E-state index contributed by atoms with van der Waals surface area (Å²) >= 11 is 6.04. The summed E-state index contributed by atoms with van der Waals surface area (Å²) in [6.07, 6.45) is 1.68. The first kappa shape index (κ1) is 13.9. The fourth-order valence-corrected chi connectivity index (χ4v) is 2.39. The third-order valence-electron chi connectivity index (χ3n) is 3.23. The monoisotopic (exact) mass is 298 g/mol. The van der Waals surface area contributed by atoms with Crippen molar-refractivity contribution in [2.24, 2.45) is 0 Å². The van der Waals surface area contributed by atoms with Crippen molar-refractivity contribution in [3.05, 3.63) is 83.3 Å². The van der Waals surface area contributed by atoms with Crippen molar-refractivity contribution in [2.75, 3.05) is 0 Å². The summed E-state index contributed by atoms with van der Waals surface area (Å²) in [7, 11) is 0. The molecular formula is C18H15ClO2. The van der Waals surface area contributed by atoms with Gasteiger partial charge in [-0.1, -0.05) is 54.1 Å². The topological polar surface area (TPSA) is 22.4 Å². The quantitative estimate of drug-likeness (QED) is 0.636. The summed E-state index contributed by atoms with van der Waals surface area (Å²) in [5.41, 5.74) is 3.20. The summed E-state index contributed by atoms with van der Waals surface area (Å²) in [6.45, 7) is 1.00. The van der Waals surface area contributed by atoms with E-state index >= 15 is 0 Å². The molecule has 3 heteroatoms. The van der Waals surface area contributed by atoms with Crippen LogP contribution in [0.25, 0.3) is 11.1 Å². The van der Waals surface area contributed by atoms with Crippen molar-refractivity contribution >= 4 is 11.6 Å². The van der Waals surface area contributed by atoms with E-state index in [1.54, 1.807) is 6.26 Å². The molecule has 0 aliphatic heterocycles. The van der Waals surface area contributed by atoms with Gasteiger partial charge in [-0.15, -0.1) is 0 Å². The molecule has 3 aromatic rings. The molecule has 2 aromatic carbocycles. The van der Waals surface area contributed by atoms with Crippen molar-refractivity contribution < 1.29 is 9.15 Å². The van der Waals surface area contributed by atoms with Gasteiger partial charge in [0.05, 0.1) is 12.9 Å². The molecule has 0 N–H and O–H groups in total. The van der Waals surface area contributed by atoms with Crippen LogP contribution in [0.5, 0.6) is 0 Å². The molecular weight excluding hydrogens is 284 g/mol. The van der Waals surface area contributed by atoms with E-state index < -0.39 is 0 Å². The Balaban J connectivity index is 1.69. The summed E-state index contributed by atoms with van der Waals surface area (Å²) < 4.78 is 11.3. The maximum absolute atomic E-state index is 6.04. The molecule has 0 spiro atoms. The van der Waals surface area contributed by atoms with Gasteiger partial charge in [-0.25, -0.2) is 0 Å². The third-order valence-corrected chi connectivity index (χ3v) is 3.46. The van der Waals surface area contributed by atoms with Crippen LogP contribution in [0.4, 0.5) is 0 Å². The standard InChI is InChI=1S/C18H15ClO2/c19-16-8-4-7-15(11-16)17-9-10-21-18(17)13-20-12-14-5-2-1-3-6-14/h1-11H,12-13H2. The molecule has 0 saturated carbocycles. The van der Waals surface area contributed by atoms with Gasteiger partial charge < -0.3 is 9.15 Å². The van der Waals surface area contributed by atoms with E-state index in [1.165, 1.54) is 0 Å². The minimum atomic E-state index is 0.434. The van der Waals surface area contributed by atoms with Gasteiger partial charge in [0.25, 0.3) is 0 Å². The molecule has 0 radical (unpaired) electrons. The van der Waals surface area contributed by atoms with Crippen molar-refractivity contribution in [1.82, 2.24) is 0 Å². The Morgan fingerprint density at radius 3 is 2.57 bits per heavy atom. The summed E-state index contributed by atoms with van der Waals surface area (Å²) in [6, 6.07) is 19.7. The first-order chi connectivity index (χ1) is 10.3. The SMILES string of the molecule is Clc1cccc(-c2ccoc2COCc2ccccc2)c1. The third kappa shape index (κ3) is 3.54. The van der Waals surface area contributed by atoms with Gasteiger partial charge >= 0.3 is 0 Å². The summed E-state index contributed by atoms with van der Waals surface area (Å²) in [5, 5.41) is 0.713. The van der Waals surface area contributed by atoms with E-state index in [0.717, 1.165) is 22.5 Å². The highest BCUT2D eigenvalue weighted by molar-refractivity contribution is 6.30. The highest BCUT2D eigenvalue weighted by atomic mass is 35.5. The largest absolute Gasteiger partial charge is 0.466 e. The molecule has 3 rings (SSSR count). The van der Waals surface area contributed by atoms with Gasteiger partial charge in [-0.3, -0.25) is 0 Å². The fourth-order valence-electron chi connectivity index (χ4n) is 2.20. The van der Waals surface area contributed by atoms with Crippen LogP contribution in [0.2, 0.25) is 5.02 Å². The van der Waals surface area contributed by atoms with Crippen LogP contribution in [0.1, 0.15) is 11.3 Å². The first-order valence-electron chi connectivity index (χ1n) is 6.77. The zero-order valence-corrected chi connectivity index (χ0v) is 12.2. The zero-order valence-electron chi connectivity index (χ0n) is 11.5. The molecule has 0 saturated heterocycles. The van der Waals surface area contributed by atoms with Crippen LogP contribution in [0.15, 0.2) is 71.3 Å². The van der Waals surface area contributed by atoms with E-state index in [-0.39, 0.29) is 0 Å². The van der Waals surface area contributed by atoms with Crippen molar-refractivity contribution in [2.45, 2.75) is 13.2 Å². The zero-order chi connectivity index (χ0) is 14.5. The molecule has 21 heavy (non-hydrogen) atoms. The number of furan rings is 1. The van der Waals surface area contributed by atoms with E-state index in [0.29, 0.717) is 18.2 Å². The average molecular weight is 299 g/mol. The van der Waals surface area contributed by atoms with E-state index in [4.69, 9.17) is 20.8 Å². The van der Waals surface area contributed by atoms with Gasteiger partial charge in [0.15, 0.2) is 0 Å². The molecule has 0 unspecified atom stereocenters. The van der Waals surface area contributed by atoms with Crippen molar-refractivity contribution in [3.8, 4) is 11.1 Å². The molecule has 0 atom stereocenters. The van der Waals surface area contributed by atoms with Crippen molar-refractivity contribution in [1.29, 1.82) is 0 Å². The maximum atomic E-state index is 6.04. The molecule has 0 aliphatic rings. The van der Waals surface area contributed by atoms with Gasteiger partial charge in [0.2, 0.25) is 0 Å². The van der Waals surface area contributed by atoms with Crippen LogP contribution in [0.3, 0.4) is 0 Å². The van der Waals surface area contributed by atoms with Gasteiger partial charge in [0, 0.05) is 10.6 Å². The number of halogens is 1. The van der Waals surface area contributed by atoms with Gasteiger partial charge in [-0.05, 0) is 29.3 Å². The predicted octanol–water partition coefficient (Wildman–Crippen LogP) is 5.32. The smallest absolute Gasteiger partial charge is 0.137 e. The molecule has 1 heterocycles. The number of benzene rings is 2. The lowest BCUT2D eigenvalue weighted by molar-refractivity contribution is 0.0933. The minimum absolute atomic E-state index is 0.434. The second-order valence-electron chi connectivity index (χ2n) is 4.75. The number of hydrogen-bond donors (Lipinski definition) is 0. The van der Waals surface area contributed by atoms with E-state index in [2.05, 4.69) is 0 Å².